The largest absolute Gasteiger partial charge is 0.480 e. The van der Waals surface area contributed by atoms with Crippen LogP contribution < -0.4 is 17.2 Å². The van der Waals surface area contributed by atoms with Gasteiger partial charge in [-0.1, -0.05) is 40.7 Å². The summed E-state index contributed by atoms with van der Waals surface area (Å²) in [6.45, 7) is 10.9. The second-order valence-electron chi connectivity index (χ2n) is 5.69. The molecule has 1 amide bonds. The summed E-state index contributed by atoms with van der Waals surface area (Å²) in [5, 5.41) is 8.31. The van der Waals surface area contributed by atoms with Gasteiger partial charge in [0, 0.05) is 0 Å². The van der Waals surface area contributed by atoms with Crippen LogP contribution >= 0.6 is 0 Å². The molecule has 0 aromatic heterocycles. The van der Waals surface area contributed by atoms with Crippen molar-refractivity contribution in [2.45, 2.75) is 52.6 Å². The highest BCUT2D eigenvalue weighted by atomic mass is 16.4. The zero-order valence-electron chi connectivity index (χ0n) is 13.8. The topological polar surface area (TPSA) is 150 Å². The number of nitrogens with two attached hydrogens (primary N) is 3. The predicted molar refractivity (Wildman–Crippen MR) is 85.8 cm³/mol. The molecule has 0 aliphatic heterocycles. The van der Waals surface area contributed by atoms with Crippen LogP contribution in [0.3, 0.4) is 0 Å². The van der Waals surface area contributed by atoms with Gasteiger partial charge in [0.25, 0.3) is 5.91 Å². The van der Waals surface area contributed by atoms with Crippen LogP contribution in [0.4, 0.5) is 0 Å². The first-order valence-corrected chi connectivity index (χ1v) is 7.22. The van der Waals surface area contributed by atoms with E-state index in [1.54, 1.807) is 0 Å². The lowest BCUT2D eigenvalue weighted by atomic mass is 9.93. The average Bonchev–Trinajstić information content (AvgIpc) is 2.43. The number of carboxylic acids is 1. The lowest BCUT2D eigenvalue weighted by Gasteiger charge is -2.16. The van der Waals surface area contributed by atoms with Gasteiger partial charge in [-0.25, -0.2) is 0 Å². The van der Waals surface area contributed by atoms with Gasteiger partial charge in [0.2, 0.25) is 0 Å². The predicted octanol–water partition coefficient (Wildman–Crippen LogP) is 0.415. The summed E-state index contributed by atoms with van der Waals surface area (Å²) in [5.41, 5.74) is 15.5. The number of ketones is 1. The molecule has 0 saturated carbocycles. The zero-order valence-corrected chi connectivity index (χ0v) is 13.8. The molecule has 7 heteroatoms. The molecule has 7 nitrogen and oxygen atoms in total. The maximum absolute atomic E-state index is 11.4. The van der Waals surface area contributed by atoms with Gasteiger partial charge in [0.05, 0.1) is 11.6 Å². The maximum atomic E-state index is 11.4. The molecule has 22 heavy (non-hydrogen) atoms. The van der Waals surface area contributed by atoms with Crippen LogP contribution in [0, 0.1) is 11.8 Å². The number of aliphatic carboxylic acids is 1. The van der Waals surface area contributed by atoms with Gasteiger partial charge in [-0.15, -0.1) is 0 Å². The Morgan fingerprint density at radius 2 is 1.59 bits per heavy atom. The van der Waals surface area contributed by atoms with Crippen molar-refractivity contribution in [2.24, 2.45) is 29.0 Å². The minimum atomic E-state index is -0.913. The van der Waals surface area contributed by atoms with E-state index in [1.807, 2.05) is 27.7 Å². The summed E-state index contributed by atoms with van der Waals surface area (Å²) < 4.78 is 0. The van der Waals surface area contributed by atoms with Crippen LogP contribution in [-0.2, 0) is 14.4 Å². The Balaban J connectivity index is 0. The number of Topliss-reactive ketones (excluding diaryl/α,β-unsaturated/α-hetero) is 1. The Morgan fingerprint density at radius 3 is 1.82 bits per heavy atom. The molecule has 0 aliphatic rings. The van der Waals surface area contributed by atoms with E-state index in [2.05, 4.69) is 6.58 Å². The molecule has 128 valence electrons. The molecule has 0 fully saturated rings. The van der Waals surface area contributed by atoms with Crippen LogP contribution in [0.15, 0.2) is 12.2 Å². The van der Waals surface area contributed by atoms with Crippen molar-refractivity contribution in [3.8, 4) is 0 Å². The highest BCUT2D eigenvalue weighted by Gasteiger charge is 2.23. The van der Waals surface area contributed by atoms with Crippen molar-refractivity contribution in [1.82, 2.24) is 0 Å². The first-order chi connectivity index (χ1) is 9.95. The lowest BCUT2D eigenvalue weighted by molar-refractivity contribution is -0.139. The summed E-state index contributed by atoms with van der Waals surface area (Å²) in [5.74, 6) is -1.78. The Hall–Kier alpha value is -1.73. The highest BCUT2D eigenvalue weighted by molar-refractivity contribution is 6.20. The number of primary amides is 1. The number of hydrogen-bond acceptors (Lipinski definition) is 5. The molecule has 0 aliphatic carbocycles. The minimum Gasteiger partial charge on any atom is -0.480 e. The average molecular weight is 315 g/mol. The molecule has 0 spiro atoms. The Kier molecular flexibility index (Phi) is 11.2. The third-order valence-electron chi connectivity index (χ3n) is 3.20. The molecule has 0 radical (unpaired) electrons. The van der Waals surface area contributed by atoms with Gasteiger partial charge >= 0.3 is 5.97 Å². The minimum absolute atomic E-state index is 0.0311. The SMILES string of the molecule is C=C(C(N)=O)C(=O)[C@@H](N)[C@@H](C)CC.CC(C)C[C@H](N)C(=O)O. The molecule has 3 atom stereocenters. The third kappa shape index (κ3) is 9.25. The maximum Gasteiger partial charge on any atom is 0.320 e. The molecular weight excluding hydrogens is 286 g/mol. The van der Waals surface area contributed by atoms with Gasteiger partial charge in [0.1, 0.15) is 6.04 Å². The molecule has 0 bridgehead atoms. The smallest absolute Gasteiger partial charge is 0.320 e. The number of carbonyl (C=O) groups is 3. The van der Waals surface area contributed by atoms with E-state index in [-0.39, 0.29) is 11.5 Å². The second-order valence-corrected chi connectivity index (χ2v) is 5.69. The van der Waals surface area contributed by atoms with Crippen LogP contribution in [0.5, 0.6) is 0 Å². The summed E-state index contributed by atoms with van der Waals surface area (Å²) in [4.78, 5) is 32.1. The Morgan fingerprint density at radius 1 is 1.14 bits per heavy atom. The van der Waals surface area contributed by atoms with Crippen LogP contribution in [0.2, 0.25) is 0 Å². The standard InChI is InChI=1S/C9H16N2O2.C6H13NO2/c1-4-5(2)7(10)8(12)6(3)9(11)13;1-4(2)3-5(7)6(8)9/h5,7H,3-4,10H2,1-2H3,(H2,11,13);4-5H,3,7H2,1-2H3,(H,8,9)/t5-,7-;5-/m00/s1. The van der Waals surface area contributed by atoms with Gasteiger partial charge in [-0.3, -0.25) is 14.4 Å². The number of hydrogen-bond donors (Lipinski definition) is 4. The molecule has 0 saturated heterocycles. The molecule has 0 aromatic rings. The summed E-state index contributed by atoms with van der Waals surface area (Å²) in [6.07, 6.45) is 1.33. The summed E-state index contributed by atoms with van der Waals surface area (Å²) in [6, 6.07) is -1.37. The number of amides is 1. The fourth-order valence-electron chi connectivity index (χ4n) is 1.44. The van der Waals surface area contributed by atoms with Crippen molar-refractivity contribution >= 4 is 17.7 Å². The van der Waals surface area contributed by atoms with Crippen molar-refractivity contribution < 1.29 is 19.5 Å². The van der Waals surface area contributed by atoms with Gasteiger partial charge in [0.15, 0.2) is 5.78 Å². The van der Waals surface area contributed by atoms with E-state index in [0.717, 1.165) is 6.42 Å². The fraction of sp³-hybridized carbons (Fsp3) is 0.667. The molecule has 0 rings (SSSR count). The quantitative estimate of drug-likeness (QED) is 0.289. The van der Waals surface area contributed by atoms with Crippen LogP contribution in [-0.4, -0.2) is 34.8 Å². The number of rotatable bonds is 8. The lowest BCUT2D eigenvalue weighted by Crippen LogP contribution is -2.40. The monoisotopic (exact) mass is 315 g/mol. The Labute approximate surface area is 131 Å². The van der Waals surface area contributed by atoms with E-state index in [9.17, 15) is 14.4 Å². The molecule has 7 N–H and O–H groups in total. The normalized spacial score (nSPS) is 14.3. The van der Waals surface area contributed by atoms with Crippen LogP contribution in [0.25, 0.3) is 0 Å². The zero-order chi connectivity index (χ0) is 18.0. The van der Waals surface area contributed by atoms with E-state index >= 15 is 0 Å². The van der Waals surface area contributed by atoms with Crippen molar-refractivity contribution in [3.63, 3.8) is 0 Å². The summed E-state index contributed by atoms with van der Waals surface area (Å²) >= 11 is 0. The molecule has 0 unspecified atom stereocenters. The van der Waals surface area contributed by atoms with Crippen molar-refractivity contribution in [2.75, 3.05) is 0 Å². The molecular formula is C15H29N3O4. The van der Waals surface area contributed by atoms with Crippen molar-refractivity contribution in [1.29, 1.82) is 0 Å². The van der Waals surface area contributed by atoms with E-state index in [4.69, 9.17) is 22.3 Å². The number of carboxylic acid groups (broad SMARTS) is 1. The van der Waals surface area contributed by atoms with E-state index < -0.39 is 29.7 Å². The summed E-state index contributed by atoms with van der Waals surface area (Å²) in [7, 11) is 0. The van der Waals surface area contributed by atoms with Crippen molar-refractivity contribution in [3.05, 3.63) is 12.2 Å². The first-order valence-electron chi connectivity index (χ1n) is 7.22. The van der Waals surface area contributed by atoms with Gasteiger partial charge in [-0.05, 0) is 18.3 Å². The van der Waals surface area contributed by atoms with E-state index in [1.165, 1.54) is 0 Å². The van der Waals surface area contributed by atoms with Crippen LogP contribution in [0.1, 0.15) is 40.5 Å². The second kappa shape index (κ2) is 10.9. The first kappa shape index (κ1) is 22.5. The molecule has 0 heterocycles. The van der Waals surface area contributed by atoms with Gasteiger partial charge in [-0.2, -0.15) is 0 Å². The molecule has 0 aromatic carbocycles. The van der Waals surface area contributed by atoms with Gasteiger partial charge < -0.3 is 22.3 Å². The number of carbonyl (C=O) groups excluding carboxylic acids is 2. The highest BCUT2D eigenvalue weighted by Crippen LogP contribution is 2.09. The Bertz CT molecular complexity index is 408. The van der Waals surface area contributed by atoms with E-state index in [0.29, 0.717) is 12.3 Å². The fourth-order valence-corrected chi connectivity index (χ4v) is 1.44. The third-order valence-corrected chi connectivity index (χ3v) is 3.20.